The molecule has 0 unspecified atom stereocenters. The molecule has 0 aliphatic rings. The third-order valence-electron chi connectivity index (χ3n) is 4.09. The number of anilines is 1. The van der Waals surface area contributed by atoms with Crippen LogP contribution in [0, 0.1) is 5.82 Å². The maximum Gasteiger partial charge on any atom is 0.123 e. The van der Waals surface area contributed by atoms with Crippen LogP contribution in [0.25, 0.3) is 22.2 Å². The van der Waals surface area contributed by atoms with E-state index in [-0.39, 0.29) is 5.82 Å². The summed E-state index contributed by atoms with van der Waals surface area (Å²) < 4.78 is 14.3. The summed E-state index contributed by atoms with van der Waals surface area (Å²) in [4.78, 5) is 3.41. The largest absolute Gasteiger partial charge is 0.354 e. The highest BCUT2D eigenvalue weighted by atomic mass is 79.9. The standard InChI is InChI=1S/C21H15BrFN3/c22-15-4-3-5-17(12-15)26-24-13-19-18-6-1-2-7-20(18)25-21(19)14-8-10-16(23)11-9-14/h1-13,25-26H/b24-13+. The molecule has 5 heteroatoms. The fourth-order valence-electron chi connectivity index (χ4n) is 2.87. The molecular formula is C21H15BrFN3. The summed E-state index contributed by atoms with van der Waals surface area (Å²) in [6, 6.07) is 22.3. The van der Waals surface area contributed by atoms with Gasteiger partial charge in [0.2, 0.25) is 0 Å². The molecule has 0 amide bonds. The Morgan fingerprint density at radius 1 is 0.962 bits per heavy atom. The number of H-pyrrole nitrogens is 1. The summed E-state index contributed by atoms with van der Waals surface area (Å²) in [5.74, 6) is -0.253. The molecule has 1 aromatic heterocycles. The van der Waals surface area contributed by atoms with Crippen LogP contribution < -0.4 is 5.43 Å². The number of hydrazone groups is 1. The van der Waals surface area contributed by atoms with Crippen molar-refractivity contribution in [3.05, 3.63) is 88.6 Å². The number of aromatic nitrogens is 1. The van der Waals surface area contributed by atoms with E-state index in [0.29, 0.717) is 0 Å². The number of halogens is 2. The Balaban J connectivity index is 1.74. The maximum atomic E-state index is 13.3. The molecule has 128 valence electrons. The van der Waals surface area contributed by atoms with Gasteiger partial charge in [0.25, 0.3) is 0 Å². The smallest absolute Gasteiger partial charge is 0.123 e. The molecule has 4 aromatic rings. The van der Waals surface area contributed by atoms with E-state index < -0.39 is 0 Å². The number of nitrogens with one attached hydrogen (secondary N) is 2. The minimum atomic E-state index is -0.253. The maximum absolute atomic E-state index is 13.3. The molecule has 3 aromatic carbocycles. The third kappa shape index (κ3) is 3.39. The second-order valence-electron chi connectivity index (χ2n) is 5.85. The van der Waals surface area contributed by atoms with Crippen molar-refractivity contribution in [3.63, 3.8) is 0 Å². The predicted molar refractivity (Wildman–Crippen MR) is 109 cm³/mol. The summed E-state index contributed by atoms with van der Waals surface area (Å²) in [5, 5.41) is 5.45. The van der Waals surface area contributed by atoms with E-state index in [1.54, 1.807) is 18.3 Å². The van der Waals surface area contributed by atoms with Crippen molar-refractivity contribution in [2.75, 3.05) is 5.43 Å². The molecule has 3 nitrogen and oxygen atoms in total. The van der Waals surface area contributed by atoms with Crippen molar-refractivity contribution < 1.29 is 4.39 Å². The number of aromatic amines is 1. The van der Waals surface area contributed by atoms with Gasteiger partial charge >= 0.3 is 0 Å². The van der Waals surface area contributed by atoms with Gasteiger partial charge in [0, 0.05) is 20.9 Å². The molecule has 0 atom stereocenters. The SMILES string of the molecule is Fc1ccc(-c2[nH]c3ccccc3c2/C=N/Nc2cccc(Br)c2)cc1. The molecule has 26 heavy (non-hydrogen) atoms. The summed E-state index contributed by atoms with van der Waals surface area (Å²) in [6.07, 6.45) is 1.79. The van der Waals surface area contributed by atoms with Crippen molar-refractivity contribution in [1.29, 1.82) is 0 Å². The van der Waals surface area contributed by atoms with Crippen LogP contribution in [0.15, 0.2) is 82.4 Å². The van der Waals surface area contributed by atoms with Crippen molar-refractivity contribution >= 4 is 38.7 Å². The Hall–Kier alpha value is -2.92. The van der Waals surface area contributed by atoms with Crippen LogP contribution in [0.5, 0.6) is 0 Å². The first kappa shape index (κ1) is 16.5. The van der Waals surface area contributed by atoms with Gasteiger partial charge in [0.05, 0.1) is 17.6 Å². The molecule has 0 spiro atoms. The number of hydrogen-bond acceptors (Lipinski definition) is 2. The summed E-state index contributed by atoms with van der Waals surface area (Å²) in [7, 11) is 0. The zero-order chi connectivity index (χ0) is 17.9. The van der Waals surface area contributed by atoms with Gasteiger partial charge in [-0.2, -0.15) is 5.10 Å². The van der Waals surface area contributed by atoms with E-state index in [4.69, 9.17) is 0 Å². The summed E-state index contributed by atoms with van der Waals surface area (Å²) in [5.41, 5.74) is 7.71. The Bertz CT molecular complexity index is 1080. The van der Waals surface area contributed by atoms with Gasteiger partial charge < -0.3 is 4.98 Å². The molecule has 0 saturated carbocycles. The van der Waals surface area contributed by atoms with E-state index in [1.165, 1.54) is 12.1 Å². The number of benzene rings is 3. The van der Waals surface area contributed by atoms with Crippen LogP contribution >= 0.6 is 15.9 Å². The van der Waals surface area contributed by atoms with Gasteiger partial charge in [0.15, 0.2) is 0 Å². The normalized spacial score (nSPS) is 11.3. The first-order valence-electron chi connectivity index (χ1n) is 8.12. The minimum absolute atomic E-state index is 0.253. The van der Waals surface area contributed by atoms with Crippen LogP contribution in [0.4, 0.5) is 10.1 Å². The van der Waals surface area contributed by atoms with Gasteiger partial charge in [-0.15, -0.1) is 0 Å². The highest BCUT2D eigenvalue weighted by Crippen LogP contribution is 2.29. The lowest BCUT2D eigenvalue weighted by Crippen LogP contribution is -1.92. The van der Waals surface area contributed by atoms with Crippen LogP contribution in [0.2, 0.25) is 0 Å². The molecule has 0 bridgehead atoms. The highest BCUT2D eigenvalue weighted by molar-refractivity contribution is 9.10. The molecule has 1 heterocycles. The average molecular weight is 408 g/mol. The number of rotatable bonds is 4. The molecule has 0 radical (unpaired) electrons. The van der Waals surface area contributed by atoms with Gasteiger partial charge in [-0.1, -0.05) is 40.2 Å². The summed E-state index contributed by atoms with van der Waals surface area (Å²) >= 11 is 3.45. The van der Waals surface area contributed by atoms with Gasteiger partial charge in [-0.3, -0.25) is 5.43 Å². The lowest BCUT2D eigenvalue weighted by atomic mass is 10.1. The Morgan fingerprint density at radius 3 is 2.58 bits per heavy atom. The zero-order valence-electron chi connectivity index (χ0n) is 13.7. The first-order chi connectivity index (χ1) is 12.7. The molecule has 2 N–H and O–H groups in total. The van der Waals surface area contributed by atoms with E-state index in [2.05, 4.69) is 31.4 Å². The van der Waals surface area contributed by atoms with E-state index >= 15 is 0 Å². The number of fused-ring (bicyclic) bond motifs is 1. The average Bonchev–Trinajstić information content (AvgIpc) is 3.01. The summed E-state index contributed by atoms with van der Waals surface area (Å²) in [6.45, 7) is 0. The fraction of sp³-hybridized carbons (Fsp3) is 0. The van der Waals surface area contributed by atoms with E-state index in [1.807, 2.05) is 48.5 Å². The number of para-hydroxylation sites is 1. The minimum Gasteiger partial charge on any atom is -0.354 e. The second kappa shape index (κ2) is 7.14. The Labute approximate surface area is 158 Å². The van der Waals surface area contributed by atoms with Crippen molar-refractivity contribution in [2.45, 2.75) is 0 Å². The monoisotopic (exact) mass is 407 g/mol. The van der Waals surface area contributed by atoms with Gasteiger partial charge in [-0.25, -0.2) is 4.39 Å². The Kier molecular flexibility index (Phi) is 4.54. The molecule has 4 rings (SSSR count). The van der Waals surface area contributed by atoms with Crippen molar-refractivity contribution in [3.8, 4) is 11.3 Å². The first-order valence-corrected chi connectivity index (χ1v) is 8.91. The molecule has 0 saturated heterocycles. The molecule has 0 fully saturated rings. The quantitative estimate of drug-likeness (QED) is 0.307. The Morgan fingerprint density at radius 2 is 1.77 bits per heavy atom. The van der Waals surface area contributed by atoms with Gasteiger partial charge in [0.1, 0.15) is 5.82 Å². The molecule has 0 aliphatic carbocycles. The fourth-order valence-corrected chi connectivity index (χ4v) is 3.27. The van der Waals surface area contributed by atoms with E-state index in [0.717, 1.165) is 37.9 Å². The third-order valence-corrected chi connectivity index (χ3v) is 4.58. The molecular weight excluding hydrogens is 393 g/mol. The van der Waals surface area contributed by atoms with Crippen molar-refractivity contribution in [1.82, 2.24) is 4.98 Å². The lowest BCUT2D eigenvalue weighted by molar-refractivity contribution is 0.628. The van der Waals surface area contributed by atoms with Crippen LogP contribution in [0.1, 0.15) is 5.56 Å². The number of hydrogen-bond donors (Lipinski definition) is 2. The van der Waals surface area contributed by atoms with Crippen LogP contribution in [0.3, 0.4) is 0 Å². The highest BCUT2D eigenvalue weighted by Gasteiger charge is 2.11. The van der Waals surface area contributed by atoms with E-state index in [9.17, 15) is 4.39 Å². The van der Waals surface area contributed by atoms with Crippen LogP contribution in [-0.4, -0.2) is 11.2 Å². The predicted octanol–water partition coefficient (Wildman–Crippen LogP) is 6.18. The molecule has 0 aliphatic heterocycles. The van der Waals surface area contributed by atoms with Gasteiger partial charge in [-0.05, 0) is 54.1 Å². The topological polar surface area (TPSA) is 40.2 Å². The second-order valence-corrected chi connectivity index (χ2v) is 6.76. The lowest BCUT2D eigenvalue weighted by Gasteiger charge is -2.03. The van der Waals surface area contributed by atoms with Crippen LogP contribution in [-0.2, 0) is 0 Å². The number of nitrogens with zero attached hydrogens (tertiary/aromatic N) is 1. The zero-order valence-corrected chi connectivity index (χ0v) is 15.3. The van der Waals surface area contributed by atoms with Crippen molar-refractivity contribution in [2.24, 2.45) is 5.10 Å².